The number of nitrogens with zero attached hydrogens (tertiary/aromatic N) is 2. The number of aromatic nitrogens is 1. The molecule has 0 saturated carbocycles. The Balaban J connectivity index is 1.89. The number of rotatable bonds is 6. The van der Waals surface area contributed by atoms with Gasteiger partial charge in [-0.05, 0) is 31.2 Å². The maximum Gasteiger partial charge on any atom is 0.227 e. The molecule has 21 heavy (non-hydrogen) atoms. The van der Waals surface area contributed by atoms with E-state index in [1.807, 2.05) is 25.2 Å². The molecule has 0 aliphatic rings. The fourth-order valence-electron chi connectivity index (χ4n) is 2.18. The van der Waals surface area contributed by atoms with Crippen molar-refractivity contribution in [2.24, 2.45) is 5.92 Å². The van der Waals surface area contributed by atoms with Gasteiger partial charge in [0, 0.05) is 25.2 Å². The molecule has 3 N–H and O–H groups in total. The summed E-state index contributed by atoms with van der Waals surface area (Å²) in [6, 6.07) is 5.56. The molecule has 6 heteroatoms. The summed E-state index contributed by atoms with van der Waals surface area (Å²) in [7, 11) is 2.04. The minimum atomic E-state index is -0.00219. The maximum absolute atomic E-state index is 12.0. The summed E-state index contributed by atoms with van der Waals surface area (Å²) in [5.74, 6) is 0.602. The molecule has 1 aromatic heterocycles. The number of carbonyl (C=O) groups excluding carboxylic acids is 1. The second-order valence-electron chi connectivity index (χ2n) is 5.70. The minimum absolute atomic E-state index is 0.00219. The first-order chi connectivity index (χ1) is 9.94. The molecular formula is C15H22N4OS. The van der Waals surface area contributed by atoms with Gasteiger partial charge in [-0.15, -0.1) is 0 Å². The van der Waals surface area contributed by atoms with Gasteiger partial charge in [-0.1, -0.05) is 25.2 Å². The molecule has 2 aromatic rings. The van der Waals surface area contributed by atoms with Crippen molar-refractivity contribution in [3.63, 3.8) is 0 Å². The average Bonchev–Trinajstić information content (AvgIpc) is 2.76. The molecule has 0 spiro atoms. The molecule has 0 aliphatic carbocycles. The van der Waals surface area contributed by atoms with Gasteiger partial charge in [0.05, 0.1) is 10.2 Å². The van der Waals surface area contributed by atoms with Crippen LogP contribution in [0.15, 0.2) is 18.2 Å². The standard InChI is InChI=1S/C15H22N4OS/c1-10(2)9-19(3)7-6-14(20)18-15-17-12-5-4-11(16)8-13(12)21-15/h4-5,8,10H,6-7,9,16H2,1-3H3,(H,17,18,20). The third-order valence-electron chi connectivity index (χ3n) is 3.06. The Labute approximate surface area is 129 Å². The van der Waals surface area contributed by atoms with Crippen molar-refractivity contribution in [2.75, 3.05) is 31.2 Å². The third kappa shape index (κ3) is 4.68. The first-order valence-electron chi connectivity index (χ1n) is 7.08. The SMILES string of the molecule is CC(C)CN(C)CCC(=O)Nc1nc2ccc(N)cc2s1. The highest BCUT2D eigenvalue weighted by Gasteiger charge is 2.09. The number of carbonyl (C=O) groups is 1. The summed E-state index contributed by atoms with van der Waals surface area (Å²) in [5, 5.41) is 3.49. The molecule has 5 nitrogen and oxygen atoms in total. The largest absolute Gasteiger partial charge is 0.399 e. The highest BCUT2D eigenvalue weighted by molar-refractivity contribution is 7.22. The number of anilines is 2. The Hall–Kier alpha value is -1.66. The fraction of sp³-hybridized carbons (Fsp3) is 0.467. The van der Waals surface area contributed by atoms with E-state index in [2.05, 4.69) is 29.0 Å². The number of hydrogen-bond acceptors (Lipinski definition) is 5. The van der Waals surface area contributed by atoms with E-state index in [1.54, 1.807) is 0 Å². The average molecular weight is 306 g/mol. The van der Waals surface area contributed by atoms with Gasteiger partial charge in [0.2, 0.25) is 5.91 Å². The zero-order valence-corrected chi connectivity index (χ0v) is 13.5. The maximum atomic E-state index is 12.0. The van der Waals surface area contributed by atoms with E-state index >= 15 is 0 Å². The van der Waals surface area contributed by atoms with E-state index < -0.39 is 0 Å². The van der Waals surface area contributed by atoms with Crippen molar-refractivity contribution < 1.29 is 4.79 Å². The molecule has 2 rings (SSSR count). The van der Waals surface area contributed by atoms with Crippen molar-refractivity contribution in [3.8, 4) is 0 Å². The zero-order chi connectivity index (χ0) is 15.4. The van der Waals surface area contributed by atoms with Crippen LogP contribution in [0.25, 0.3) is 10.2 Å². The van der Waals surface area contributed by atoms with Gasteiger partial charge in [0.15, 0.2) is 5.13 Å². The van der Waals surface area contributed by atoms with Crippen LogP contribution in [-0.2, 0) is 4.79 Å². The molecule has 0 radical (unpaired) electrons. The van der Waals surface area contributed by atoms with Gasteiger partial charge in [-0.2, -0.15) is 0 Å². The van der Waals surface area contributed by atoms with E-state index in [0.717, 1.165) is 23.3 Å². The van der Waals surface area contributed by atoms with Crippen molar-refractivity contribution in [1.82, 2.24) is 9.88 Å². The lowest BCUT2D eigenvalue weighted by Gasteiger charge is -2.18. The minimum Gasteiger partial charge on any atom is -0.399 e. The smallest absolute Gasteiger partial charge is 0.227 e. The van der Waals surface area contributed by atoms with Crippen LogP contribution in [0.2, 0.25) is 0 Å². The van der Waals surface area contributed by atoms with Crippen molar-refractivity contribution >= 4 is 38.3 Å². The molecule has 0 saturated heterocycles. The molecule has 1 heterocycles. The highest BCUT2D eigenvalue weighted by Crippen LogP contribution is 2.27. The quantitative estimate of drug-likeness (QED) is 0.805. The second kappa shape index (κ2) is 6.87. The number of amides is 1. The predicted molar refractivity (Wildman–Crippen MR) is 89.6 cm³/mol. The third-order valence-corrected chi connectivity index (χ3v) is 3.99. The van der Waals surface area contributed by atoms with Crippen LogP contribution in [0.4, 0.5) is 10.8 Å². The number of nitrogen functional groups attached to an aromatic ring is 1. The van der Waals surface area contributed by atoms with E-state index in [9.17, 15) is 4.79 Å². The van der Waals surface area contributed by atoms with Crippen molar-refractivity contribution in [1.29, 1.82) is 0 Å². The molecule has 0 atom stereocenters. The van der Waals surface area contributed by atoms with Gasteiger partial charge in [-0.25, -0.2) is 4.98 Å². The van der Waals surface area contributed by atoms with E-state index in [0.29, 0.717) is 23.2 Å². The summed E-state index contributed by atoms with van der Waals surface area (Å²) >= 11 is 1.45. The van der Waals surface area contributed by atoms with E-state index in [-0.39, 0.29) is 5.91 Å². The topological polar surface area (TPSA) is 71.2 Å². The summed E-state index contributed by atoms with van der Waals surface area (Å²) in [5.41, 5.74) is 7.31. The normalized spacial score (nSPS) is 11.5. The van der Waals surface area contributed by atoms with Gasteiger partial charge >= 0.3 is 0 Å². The zero-order valence-electron chi connectivity index (χ0n) is 12.7. The fourth-order valence-corrected chi connectivity index (χ4v) is 3.11. The van der Waals surface area contributed by atoms with Crippen LogP contribution in [-0.4, -0.2) is 35.9 Å². The number of nitrogens with two attached hydrogens (primary N) is 1. The molecule has 0 unspecified atom stereocenters. The molecule has 0 aliphatic heterocycles. The second-order valence-corrected chi connectivity index (χ2v) is 6.73. The van der Waals surface area contributed by atoms with Gasteiger partial charge in [-0.3, -0.25) is 4.79 Å². The Kier molecular flexibility index (Phi) is 5.14. The Morgan fingerprint density at radius 1 is 1.48 bits per heavy atom. The summed E-state index contributed by atoms with van der Waals surface area (Å²) in [4.78, 5) is 18.5. The lowest BCUT2D eigenvalue weighted by molar-refractivity contribution is -0.116. The number of hydrogen-bond donors (Lipinski definition) is 2. The predicted octanol–water partition coefficient (Wildman–Crippen LogP) is 2.79. The molecule has 0 fully saturated rings. The van der Waals surface area contributed by atoms with Crippen LogP contribution in [0.5, 0.6) is 0 Å². The number of nitrogens with one attached hydrogen (secondary N) is 1. The summed E-state index contributed by atoms with van der Waals surface area (Å²) in [6.45, 7) is 6.09. The lowest BCUT2D eigenvalue weighted by Crippen LogP contribution is -2.27. The number of benzene rings is 1. The van der Waals surface area contributed by atoms with Crippen LogP contribution >= 0.6 is 11.3 Å². The Morgan fingerprint density at radius 2 is 2.24 bits per heavy atom. The highest BCUT2D eigenvalue weighted by atomic mass is 32.1. The first kappa shape index (κ1) is 15.7. The van der Waals surface area contributed by atoms with Crippen LogP contribution in [0.1, 0.15) is 20.3 Å². The molecule has 1 aromatic carbocycles. The van der Waals surface area contributed by atoms with E-state index in [4.69, 9.17) is 5.73 Å². The van der Waals surface area contributed by atoms with E-state index in [1.165, 1.54) is 11.3 Å². The van der Waals surface area contributed by atoms with Crippen molar-refractivity contribution in [3.05, 3.63) is 18.2 Å². The van der Waals surface area contributed by atoms with Gasteiger partial charge < -0.3 is 16.0 Å². The Bertz CT molecular complexity index is 623. The van der Waals surface area contributed by atoms with Crippen molar-refractivity contribution in [2.45, 2.75) is 20.3 Å². The molecule has 1 amide bonds. The summed E-state index contributed by atoms with van der Waals surface area (Å²) in [6.07, 6.45) is 0.473. The van der Waals surface area contributed by atoms with Gasteiger partial charge in [0.1, 0.15) is 0 Å². The Morgan fingerprint density at radius 3 is 2.95 bits per heavy atom. The molecule has 114 valence electrons. The first-order valence-corrected chi connectivity index (χ1v) is 7.90. The van der Waals surface area contributed by atoms with Gasteiger partial charge in [0.25, 0.3) is 0 Å². The van der Waals surface area contributed by atoms with Crippen LogP contribution in [0, 0.1) is 5.92 Å². The molecule has 0 bridgehead atoms. The monoisotopic (exact) mass is 306 g/mol. The lowest BCUT2D eigenvalue weighted by atomic mass is 10.2. The number of fused-ring (bicyclic) bond motifs is 1. The summed E-state index contributed by atoms with van der Waals surface area (Å²) < 4.78 is 0.988. The van der Waals surface area contributed by atoms with Crippen LogP contribution < -0.4 is 11.1 Å². The number of thiazole rings is 1. The van der Waals surface area contributed by atoms with Crippen LogP contribution in [0.3, 0.4) is 0 Å². The molecular weight excluding hydrogens is 284 g/mol.